The van der Waals surface area contributed by atoms with Gasteiger partial charge in [-0.25, -0.2) is 9.37 Å². The van der Waals surface area contributed by atoms with Crippen molar-refractivity contribution < 1.29 is 13.9 Å². The molecule has 6 nitrogen and oxygen atoms in total. The summed E-state index contributed by atoms with van der Waals surface area (Å²) in [7, 11) is 3.44. The van der Waals surface area contributed by atoms with Gasteiger partial charge in [-0.15, -0.1) is 0 Å². The first-order chi connectivity index (χ1) is 11.6. The van der Waals surface area contributed by atoms with Crippen molar-refractivity contribution in [1.82, 2.24) is 9.97 Å². The number of hydrogen-bond acceptors (Lipinski definition) is 6. The van der Waals surface area contributed by atoms with Crippen LogP contribution in [0.3, 0.4) is 0 Å². The molecular formula is C17H27FN4O2. The van der Waals surface area contributed by atoms with Crippen molar-refractivity contribution in [1.29, 1.82) is 0 Å². The monoisotopic (exact) mass is 338 g/mol. The van der Waals surface area contributed by atoms with E-state index in [1.165, 1.54) is 0 Å². The van der Waals surface area contributed by atoms with Crippen LogP contribution in [-0.2, 0) is 9.47 Å². The molecule has 24 heavy (non-hydrogen) atoms. The molecule has 3 heterocycles. The SMILES string of the molecule is CO[C@H]1CCCN(c2nc(C)c(F)c(N3CCC[C@H](OC)C3)n2)C1. The Morgan fingerprint density at radius 2 is 1.54 bits per heavy atom. The van der Waals surface area contributed by atoms with Crippen LogP contribution in [0.2, 0.25) is 0 Å². The molecular weight excluding hydrogens is 311 g/mol. The molecule has 2 aliphatic rings. The maximum Gasteiger partial charge on any atom is 0.227 e. The lowest BCUT2D eigenvalue weighted by Gasteiger charge is -2.35. The number of hydrogen-bond donors (Lipinski definition) is 0. The highest BCUT2D eigenvalue weighted by Gasteiger charge is 2.27. The minimum atomic E-state index is -0.323. The number of ether oxygens (including phenoxy) is 2. The van der Waals surface area contributed by atoms with Gasteiger partial charge in [0.1, 0.15) is 0 Å². The van der Waals surface area contributed by atoms with Crippen LogP contribution < -0.4 is 9.80 Å². The third-order valence-corrected chi connectivity index (χ3v) is 4.99. The first-order valence-corrected chi connectivity index (χ1v) is 8.72. The van der Waals surface area contributed by atoms with Crippen molar-refractivity contribution in [3.63, 3.8) is 0 Å². The summed E-state index contributed by atoms with van der Waals surface area (Å²) in [6, 6.07) is 0. The lowest BCUT2D eigenvalue weighted by Crippen LogP contribution is -2.42. The number of aryl methyl sites for hydroxylation is 1. The number of methoxy groups -OCH3 is 2. The summed E-state index contributed by atoms with van der Waals surface area (Å²) in [6.45, 7) is 4.81. The zero-order chi connectivity index (χ0) is 17.1. The highest BCUT2D eigenvalue weighted by molar-refractivity contribution is 5.48. The smallest absolute Gasteiger partial charge is 0.227 e. The van der Waals surface area contributed by atoms with E-state index in [1.807, 2.05) is 4.90 Å². The van der Waals surface area contributed by atoms with Gasteiger partial charge in [0.25, 0.3) is 0 Å². The molecule has 0 bridgehead atoms. The van der Waals surface area contributed by atoms with Crippen molar-refractivity contribution in [3.8, 4) is 0 Å². The van der Waals surface area contributed by atoms with Gasteiger partial charge in [0.05, 0.1) is 17.9 Å². The molecule has 2 aliphatic heterocycles. The molecule has 0 saturated carbocycles. The fourth-order valence-corrected chi connectivity index (χ4v) is 3.52. The van der Waals surface area contributed by atoms with Gasteiger partial charge in [-0.2, -0.15) is 4.98 Å². The zero-order valence-electron chi connectivity index (χ0n) is 14.8. The first-order valence-electron chi connectivity index (χ1n) is 8.72. The van der Waals surface area contributed by atoms with Gasteiger partial charge < -0.3 is 19.3 Å². The summed E-state index contributed by atoms with van der Waals surface area (Å²) in [5, 5.41) is 0. The van der Waals surface area contributed by atoms with Gasteiger partial charge in [0.15, 0.2) is 11.6 Å². The molecule has 0 aliphatic carbocycles. The predicted molar refractivity (Wildman–Crippen MR) is 91.2 cm³/mol. The lowest BCUT2D eigenvalue weighted by molar-refractivity contribution is 0.0884. The number of aromatic nitrogens is 2. The van der Waals surface area contributed by atoms with Crippen LogP contribution >= 0.6 is 0 Å². The topological polar surface area (TPSA) is 50.7 Å². The molecule has 2 fully saturated rings. The molecule has 2 atom stereocenters. The van der Waals surface area contributed by atoms with Crippen molar-refractivity contribution in [3.05, 3.63) is 11.5 Å². The second kappa shape index (κ2) is 7.61. The van der Waals surface area contributed by atoms with E-state index in [1.54, 1.807) is 21.1 Å². The minimum Gasteiger partial charge on any atom is -0.380 e. The molecule has 3 rings (SSSR count). The molecule has 134 valence electrons. The zero-order valence-corrected chi connectivity index (χ0v) is 14.8. The molecule has 0 aromatic carbocycles. The largest absolute Gasteiger partial charge is 0.380 e. The Morgan fingerprint density at radius 1 is 0.958 bits per heavy atom. The first kappa shape index (κ1) is 17.4. The summed E-state index contributed by atoms with van der Waals surface area (Å²) in [5.41, 5.74) is 0.397. The Kier molecular flexibility index (Phi) is 5.50. The van der Waals surface area contributed by atoms with Gasteiger partial charge in [-0.1, -0.05) is 0 Å². The third kappa shape index (κ3) is 3.62. The summed E-state index contributed by atoms with van der Waals surface area (Å²) in [4.78, 5) is 13.1. The quantitative estimate of drug-likeness (QED) is 0.838. The summed E-state index contributed by atoms with van der Waals surface area (Å²) in [5.74, 6) is 0.680. The second-order valence-corrected chi connectivity index (χ2v) is 6.64. The summed E-state index contributed by atoms with van der Waals surface area (Å²) < 4.78 is 25.6. The van der Waals surface area contributed by atoms with E-state index in [-0.39, 0.29) is 18.0 Å². The number of anilines is 2. The fraction of sp³-hybridized carbons (Fsp3) is 0.765. The van der Waals surface area contributed by atoms with Crippen LogP contribution in [0.25, 0.3) is 0 Å². The maximum atomic E-state index is 14.7. The Morgan fingerprint density at radius 3 is 2.17 bits per heavy atom. The van der Waals surface area contributed by atoms with E-state index in [0.717, 1.165) is 45.3 Å². The standard InChI is InChI=1S/C17H27FN4O2/c1-12-15(18)16(21-8-4-6-13(10-21)23-2)20-17(19-12)22-9-5-7-14(11-22)24-3/h13-14H,4-11H2,1-3H3/t13-,14-/m0/s1. The molecule has 1 aromatic rings. The molecule has 0 radical (unpaired) electrons. The lowest BCUT2D eigenvalue weighted by atomic mass is 10.1. The average Bonchev–Trinajstić information content (AvgIpc) is 2.64. The number of nitrogens with zero attached hydrogens (tertiary/aromatic N) is 4. The average molecular weight is 338 g/mol. The van der Waals surface area contributed by atoms with Gasteiger partial charge in [0.2, 0.25) is 5.95 Å². The van der Waals surface area contributed by atoms with Crippen LogP contribution in [0, 0.1) is 12.7 Å². The second-order valence-electron chi connectivity index (χ2n) is 6.64. The fourth-order valence-electron chi connectivity index (χ4n) is 3.52. The van der Waals surface area contributed by atoms with Gasteiger partial charge >= 0.3 is 0 Å². The number of piperidine rings is 2. The van der Waals surface area contributed by atoms with Crippen LogP contribution in [-0.4, -0.2) is 62.6 Å². The molecule has 2 saturated heterocycles. The highest BCUT2D eigenvalue weighted by atomic mass is 19.1. The van der Waals surface area contributed by atoms with Gasteiger partial charge in [-0.3, -0.25) is 0 Å². The molecule has 0 spiro atoms. The highest BCUT2D eigenvalue weighted by Crippen LogP contribution is 2.27. The van der Waals surface area contributed by atoms with E-state index in [4.69, 9.17) is 9.47 Å². The van der Waals surface area contributed by atoms with E-state index >= 15 is 0 Å². The molecule has 0 unspecified atom stereocenters. The van der Waals surface area contributed by atoms with E-state index in [9.17, 15) is 4.39 Å². The van der Waals surface area contributed by atoms with Crippen LogP contribution in [0.1, 0.15) is 31.4 Å². The Labute approximate surface area is 143 Å². The Balaban J connectivity index is 1.85. The van der Waals surface area contributed by atoms with Crippen LogP contribution in [0.5, 0.6) is 0 Å². The predicted octanol–water partition coefficient (Wildman–Crippen LogP) is 2.15. The molecule has 1 aromatic heterocycles. The minimum absolute atomic E-state index is 0.129. The van der Waals surface area contributed by atoms with Gasteiger partial charge in [-0.05, 0) is 32.6 Å². The van der Waals surface area contributed by atoms with Gasteiger partial charge in [0, 0.05) is 40.4 Å². The van der Waals surface area contributed by atoms with Crippen LogP contribution in [0.15, 0.2) is 0 Å². The maximum absolute atomic E-state index is 14.7. The third-order valence-electron chi connectivity index (χ3n) is 4.99. The summed E-state index contributed by atoms with van der Waals surface area (Å²) >= 11 is 0. The molecule has 7 heteroatoms. The normalized spacial score (nSPS) is 25.2. The summed E-state index contributed by atoms with van der Waals surface area (Å²) in [6.07, 6.45) is 4.37. The van der Waals surface area contributed by atoms with E-state index in [2.05, 4.69) is 14.9 Å². The van der Waals surface area contributed by atoms with E-state index < -0.39 is 0 Å². The Hall–Kier alpha value is -1.47. The van der Waals surface area contributed by atoms with Crippen molar-refractivity contribution in [2.45, 2.75) is 44.8 Å². The molecule has 0 N–H and O–H groups in total. The Bertz CT molecular complexity index is 572. The van der Waals surface area contributed by atoms with Crippen LogP contribution in [0.4, 0.5) is 16.2 Å². The molecule has 0 amide bonds. The van der Waals surface area contributed by atoms with E-state index in [0.29, 0.717) is 24.0 Å². The number of halogens is 1. The van der Waals surface area contributed by atoms with Crippen molar-refractivity contribution in [2.24, 2.45) is 0 Å². The van der Waals surface area contributed by atoms with Crippen molar-refractivity contribution in [2.75, 3.05) is 50.2 Å². The number of rotatable bonds is 4. The van der Waals surface area contributed by atoms with Crippen molar-refractivity contribution >= 4 is 11.8 Å².